The minimum atomic E-state index is -1.42. The van der Waals surface area contributed by atoms with Gasteiger partial charge in [0.15, 0.2) is 11.9 Å². The number of epoxide rings is 1. The number of carbonyl (C=O) groups is 2. The summed E-state index contributed by atoms with van der Waals surface area (Å²) in [6.45, 7) is 10.8. The molecular weight excluding hydrogens is 576 g/mol. The van der Waals surface area contributed by atoms with Crippen LogP contribution in [0.4, 0.5) is 0 Å². The van der Waals surface area contributed by atoms with E-state index in [1.807, 2.05) is 20.8 Å². The van der Waals surface area contributed by atoms with E-state index in [2.05, 4.69) is 0 Å². The van der Waals surface area contributed by atoms with Crippen molar-refractivity contribution in [3.63, 3.8) is 0 Å². The minimum absolute atomic E-state index is 0.0288. The molecule has 16 unspecified atom stereocenters. The van der Waals surface area contributed by atoms with Crippen LogP contribution in [0.15, 0.2) is 24.0 Å². The SMILES string of the molecule is CC=C(C)C(=O)OC1CC(OC(C)=O)C2(C)COC3C2C12COC(O)C2C(C)(C12OC1(C)C1CC2OC2OC=CC21O)C3O. The topological polar surface area (TPSA) is 163 Å². The number of allylic oxidation sites excluding steroid dienone is 1. The van der Waals surface area contributed by atoms with Crippen LogP contribution >= 0.6 is 0 Å². The Hall–Kier alpha value is -2.06. The number of esters is 2. The zero-order valence-electron chi connectivity index (χ0n) is 25.8. The van der Waals surface area contributed by atoms with Crippen LogP contribution in [-0.2, 0) is 42.7 Å². The first kappa shape index (κ1) is 29.3. The number of hydrogen-bond donors (Lipinski definition) is 3. The van der Waals surface area contributed by atoms with Crippen molar-refractivity contribution in [3.05, 3.63) is 24.0 Å². The fourth-order valence-electron chi connectivity index (χ4n) is 11.6. The van der Waals surface area contributed by atoms with Crippen molar-refractivity contribution in [1.29, 1.82) is 0 Å². The van der Waals surface area contributed by atoms with Gasteiger partial charge >= 0.3 is 11.9 Å². The van der Waals surface area contributed by atoms with Gasteiger partial charge in [0, 0.05) is 52.9 Å². The van der Waals surface area contributed by atoms with E-state index in [0.717, 1.165) is 0 Å². The van der Waals surface area contributed by atoms with Crippen LogP contribution in [0.3, 0.4) is 0 Å². The maximum absolute atomic E-state index is 13.4. The van der Waals surface area contributed by atoms with Crippen LogP contribution in [0.25, 0.3) is 0 Å². The van der Waals surface area contributed by atoms with Crippen LogP contribution in [0.2, 0.25) is 0 Å². The number of aliphatic hydroxyl groups excluding tert-OH is 2. The molecule has 0 aromatic heterocycles. The van der Waals surface area contributed by atoms with Gasteiger partial charge in [-0.05, 0) is 33.3 Å². The molecule has 3 aliphatic carbocycles. The Balaban J connectivity index is 1.30. The fourth-order valence-corrected chi connectivity index (χ4v) is 11.6. The Morgan fingerprint density at radius 2 is 1.75 bits per heavy atom. The van der Waals surface area contributed by atoms with Gasteiger partial charge in [0.25, 0.3) is 0 Å². The van der Waals surface area contributed by atoms with Crippen LogP contribution in [0, 0.1) is 34.0 Å². The van der Waals surface area contributed by atoms with Crippen molar-refractivity contribution < 1.29 is 58.1 Å². The Labute approximate surface area is 255 Å². The van der Waals surface area contributed by atoms with Crippen LogP contribution in [0.1, 0.15) is 54.4 Å². The molecule has 0 amide bonds. The maximum atomic E-state index is 13.4. The summed E-state index contributed by atoms with van der Waals surface area (Å²) in [4.78, 5) is 25.7. The zero-order valence-corrected chi connectivity index (χ0v) is 25.8. The van der Waals surface area contributed by atoms with E-state index in [1.165, 1.54) is 13.2 Å². The van der Waals surface area contributed by atoms with Crippen molar-refractivity contribution in [2.24, 2.45) is 34.0 Å². The second-order valence-corrected chi connectivity index (χ2v) is 15.0. The highest BCUT2D eigenvalue weighted by Gasteiger charge is 2.95. The predicted molar refractivity (Wildman–Crippen MR) is 147 cm³/mol. The average Bonchev–Trinajstić information content (AvgIpc) is 3.33. The molecular formula is C32H42O12. The van der Waals surface area contributed by atoms with E-state index in [4.69, 9.17) is 33.2 Å². The Kier molecular flexibility index (Phi) is 5.76. The van der Waals surface area contributed by atoms with Crippen molar-refractivity contribution in [2.75, 3.05) is 13.2 Å². The highest BCUT2D eigenvalue weighted by atomic mass is 16.7. The molecule has 4 saturated heterocycles. The second kappa shape index (κ2) is 8.64. The molecule has 7 fully saturated rings. The standard InChI is InChI=1S/C32H42O12/c1-7-14(2)24(35)42-18-11-17(41-15(3)33)27(4)12-39-20-21(27)30(18)13-40-25(36)22(30)28(5,23(20)34)32-19-10-16(29(32,6)44-32)31(37)8-9-38-26(31)43-19/h7-9,16-23,25-26,34,36-37H,10-13H2,1-6H3. The average molecular weight is 619 g/mol. The molecule has 3 saturated carbocycles. The summed E-state index contributed by atoms with van der Waals surface area (Å²) in [5.74, 6) is -2.73. The first-order valence-electron chi connectivity index (χ1n) is 15.7. The highest BCUT2D eigenvalue weighted by molar-refractivity contribution is 5.87. The lowest BCUT2D eigenvalue weighted by Crippen LogP contribution is -2.76. The molecule has 5 aliphatic heterocycles. The summed E-state index contributed by atoms with van der Waals surface area (Å²) >= 11 is 0. The van der Waals surface area contributed by atoms with Gasteiger partial charge in [0.1, 0.15) is 23.4 Å². The highest BCUT2D eigenvalue weighted by Crippen LogP contribution is 2.82. The van der Waals surface area contributed by atoms with E-state index >= 15 is 0 Å². The van der Waals surface area contributed by atoms with Crippen molar-refractivity contribution >= 4 is 11.9 Å². The van der Waals surface area contributed by atoms with Gasteiger partial charge in [-0.15, -0.1) is 0 Å². The fraction of sp³-hybridized carbons (Fsp3) is 0.812. The van der Waals surface area contributed by atoms with E-state index in [0.29, 0.717) is 12.0 Å². The summed E-state index contributed by atoms with van der Waals surface area (Å²) < 4.78 is 43.7. The molecule has 1 spiro atoms. The quantitative estimate of drug-likeness (QED) is 0.234. The largest absolute Gasteiger partial charge is 0.469 e. The number of aliphatic hydroxyl groups is 3. The van der Waals surface area contributed by atoms with Gasteiger partial charge in [-0.25, -0.2) is 4.79 Å². The first-order chi connectivity index (χ1) is 20.7. The summed E-state index contributed by atoms with van der Waals surface area (Å²) in [6, 6.07) is 0. The molecule has 8 aliphatic rings. The molecule has 12 heteroatoms. The molecule has 12 nitrogen and oxygen atoms in total. The molecule has 16 atom stereocenters. The van der Waals surface area contributed by atoms with Crippen molar-refractivity contribution in [3.8, 4) is 0 Å². The van der Waals surface area contributed by atoms with Crippen molar-refractivity contribution in [2.45, 2.75) is 114 Å². The van der Waals surface area contributed by atoms with Crippen LogP contribution < -0.4 is 0 Å². The van der Waals surface area contributed by atoms with Gasteiger partial charge in [0.2, 0.25) is 6.29 Å². The Morgan fingerprint density at radius 1 is 1.00 bits per heavy atom. The summed E-state index contributed by atoms with van der Waals surface area (Å²) in [6.07, 6.45) is -1.03. The van der Waals surface area contributed by atoms with Crippen molar-refractivity contribution in [1.82, 2.24) is 0 Å². The molecule has 242 valence electrons. The number of rotatable bonds is 4. The van der Waals surface area contributed by atoms with E-state index in [9.17, 15) is 24.9 Å². The van der Waals surface area contributed by atoms with Crippen LogP contribution in [0.5, 0.6) is 0 Å². The maximum Gasteiger partial charge on any atom is 0.333 e. The lowest BCUT2D eigenvalue weighted by Gasteiger charge is -2.65. The zero-order chi connectivity index (χ0) is 31.4. The molecule has 8 rings (SSSR count). The Bertz CT molecular complexity index is 1380. The van der Waals surface area contributed by atoms with E-state index in [-0.39, 0.29) is 19.6 Å². The van der Waals surface area contributed by atoms with Gasteiger partial charge in [-0.1, -0.05) is 19.9 Å². The molecule has 5 heterocycles. The Morgan fingerprint density at radius 3 is 2.45 bits per heavy atom. The van der Waals surface area contributed by atoms with E-state index < -0.39 is 106 Å². The lowest BCUT2D eigenvalue weighted by molar-refractivity contribution is -0.302. The number of carbonyl (C=O) groups excluding carboxylic acids is 2. The first-order valence-corrected chi connectivity index (χ1v) is 15.7. The second-order valence-electron chi connectivity index (χ2n) is 15.0. The molecule has 0 aromatic rings. The number of fused-ring (bicyclic) bond motifs is 7. The summed E-state index contributed by atoms with van der Waals surface area (Å²) in [7, 11) is 0. The predicted octanol–water partition coefficient (Wildman–Crippen LogP) is 1.10. The normalized spacial score (nSPS) is 59.2. The molecule has 44 heavy (non-hydrogen) atoms. The molecule has 3 N–H and O–H groups in total. The molecule has 2 bridgehead atoms. The number of ether oxygens (including phenoxy) is 7. The van der Waals surface area contributed by atoms with Gasteiger partial charge in [-0.3, -0.25) is 4.79 Å². The smallest absolute Gasteiger partial charge is 0.333 e. The van der Waals surface area contributed by atoms with Gasteiger partial charge in [-0.2, -0.15) is 0 Å². The third kappa shape index (κ3) is 2.96. The number of hydrogen-bond acceptors (Lipinski definition) is 12. The molecule has 0 radical (unpaired) electrons. The third-order valence-electron chi connectivity index (χ3n) is 13.4. The summed E-state index contributed by atoms with van der Waals surface area (Å²) in [5, 5.41) is 36.2. The summed E-state index contributed by atoms with van der Waals surface area (Å²) in [5.41, 5.74) is -6.22. The minimum Gasteiger partial charge on any atom is -0.469 e. The van der Waals surface area contributed by atoms with E-state index in [1.54, 1.807) is 26.0 Å². The van der Waals surface area contributed by atoms with Gasteiger partial charge in [0.05, 0.1) is 37.8 Å². The lowest BCUT2D eigenvalue weighted by atomic mass is 9.38. The van der Waals surface area contributed by atoms with Crippen LogP contribution in [-0.4, -0.2) is 100 Å². The third-order valence-corrected chi connectivity index (χ3v) is 13.4. The molecule has 0 aromatic carbocycles. The monoisotopic (exact) mass is 618 g/mol. The van der Waals surface area contributed by atoms with Gasteiger partial charge < -0.3 is 48.5 Å².